The molecule has 0 aromatic carbocycles. The van der Waals surface area contributed by atoms with Gasteiger partial charge < -0.3 is 14.9 Å². The molecule has 0 bridgehead atoms. The zero-order chi connectivity index (χ0) is 12.8. The molecule has 1 amide bonds. The summed E-state index contributed by atoms with van der Waals surface area (Å²) in [5.74, 6) is -1.94. The van der Waals surface area contributed by atoms with E-state index in [-0.39, 0.29) is 24.4 Å². The molecule has 8 nitrogen and oxygen atoms in total. The van der Waals surface area contributed by atoms with Gasteiger partial charge in [0.25, 0.3) is 0 Å². The number of aliphatic carboxylic acids is 1. The van der Waals surface area contributed by atoms with E-state index in [1.54, 1.807) is 0 Å². The first-order chi connectivity index (χ1) is 7.22. The van der Waals surface area contributed by atoms with Crippen molar-refractivity contribution in [2.75, 3.05) is 12.7 Å². The Morgan fingerprint density at radius 3 is 2.19 bits per heavy atom. The summed E-state index contributed by atoms with van der Waals surface area (Å²) < 4.78 is 10.4. The third kappa shape index (κ3) is 8.37. The molecule has 0 aromatic heterocycles. The largest absolute Gasteiger partial charge is 0.481 e. The van der Waals surface area contributed by atoms with E-state index in [9.17, 15) is 14.2 Å². The van der Waals surface area contributed by atoms with E-state index in [2.05, 4.69) is 0 Å². The number of nitrogens with zero attached hydrogens (tertiary/aromatic N) is 1. The van der Waals surface area contributed by atoms with Crippen molar-refractivity contribution < 1.29 is 34.3 Å². The van der Waals surface area contributed by atoms with Crippen LogP contribution in [-0.2, 0) is 14.2 Å². The van der Waals surface area contributed by atoms with Gasteiger partial charge in [-0.1, -0.05) is 0 Å². The normalized spacial score (nSPS) is 11.2. The van der Waals surface area contributed by atoms with Crippen LogP contribution in [0.15, 0.2) is 0 Å². The molecule has 0 atom stereocenters. The number of hydrogen-bond donors (Lipinski definition) is 4. The molecule has 0 radical (unpaired) electrons. The smallest absolute Gasteiger partial charge is 0.325 e. The van der Waals surface area contributed by atoms with Crippen LogP contribution < -0.4 is 0 Å². The van der Waals surface area contributed by atoms with E-state index in [0.717, 1.165) is 0 Å². The standard InChI is InChI=1S/C7H14NO7P/c9-6(2-3-7(10)11)8(12)4-1-5-16(13,14)15/h12H,1-5H2,(H,10,11)(H2,13,14,15). The van der Waals surface area contributed by atoms with Gasteiger partial charge in [0.05, 0.1) is 12.6 Å². The summed E-state index contributed by atoms with van der Waals surface area (Å²) in [6.07, 6.45) is -1.23. The van der Waals surface area contributed by atoms with Gasteiger partial charge in [-0.25, -0.2) is 5.06 Å². The van der Waals surface area contributed by atoms with E-state index in [1.807, 2.05) is 0 Å². The maximum absolute atomic E-state index is 11.0. The molecule has 0 spiro atoms. The highest BCUT2D eigenvalue weighted by Crippen LogP contribution is 2.34. The Morgan fingerprint density at radius 1 is 1.19 bits per heavy atom. The topological polar surface area (TPSA) is 135 Å². The maximum Gasteiger partial charge on any atom is 0.325 e. The fourth-order valence-corrected chi connectivity index (χ4v) is 1.45. The van der Waals surface area contributed by atoms with Crippen molar-refractivity contribution in [2.24, 2.45) is 0 Å². The molecule has 16 heavy (non-hydrogen) atoms. The van der Waals surface area contributed by atoms with Crippen LogP contribution in [-0.4, -0.2) is 49.7 Å². The van der Waals surface area contributed by atoms with Crippen LogP contribution in [0.3, 0.4) is 0 Å². The van der Waals surface area contributed by atoms with Gasteiger partial charge in [-0.3, -0.25) is 19.4 Å². The lowest BCUT2D eigenvalue weighted by atomic mass is 10.3. The summed E-state index contributed by atoms with van der Waals surface area (Å²) in [5.41, 5.74) is 0. The van der Waals surface area contributed by atoms with Crippen LogP contribution in [0.2, 0.25) is 0 Å². The molecule has 0 heterocycles. The summed E-state index contributed by atoms with van der Waals surface area (Å²) in [7, 11) is -4.13. The molecule has 0 aromatic rings. The minimum Gasteiger partial charge on any atom is -0.481 e. The third-order valence-electron chi connectivity index (χ3n) is 1.66. The van der Waals surface area contributed by atoms with Crippen LogP contribution in [0.1, 0.15) is 19.3 Å². The van der Waals surface area contributed by atoms with Gasteiger partial charge in [0.1, 0.15) is 0 Å². The Kier molecular flexibility index (Phi) is 6.20. The molecule has 0 saturated heterocycles. The van der Waals surface area contributed by atoms with Crippen LogP contribution in [0, 0.1) is 0 Å². The third-order valence-corrected chi connectivity index (χ3v) is 2.56. The van der Waals surface area contributed by atoms with Crippen molar-refractivity contribution in [1.29, 1.82) is 0 Å². The van der Waals surface area contributed by atoms with Gasteiger partial charge in [0.15, 0.2) is 0 Å². The molecule has 0 aliphatic heterocycles. The average molecular weight is 255 g/mol. The zero-order valence-electron chi connectivity index (χ0n) is 8.44. The van der Waals surface area contributed by atoms with Crippen molar-refractivity contribution in [3.63, 3.8) is 0 Å². The second-order valence-electron chi connectivity index (χ2n) is 3.15. The van der Waals surface area contributed by atoms with Gasteiger partial charge in [0.2, 0.25) is 5.91 Å². The van der Waals surface area contributed by atoms with Crippen molar-refractivity contribution in [3.8, 4) is 0 Å². The first-order valence-electron chi connectivity index (χ1n) is 4.48. The quantitative estimate of drug-likeness (QED) is 0.277. The SMILES string of the molecule is O=C(O)CCC(=O)N(O)CCCP(=O)(O)O. The Hall–Kier alpha value is -0.950. The van der Waals surface area contributed by atoms with Crippen molar-refractivity contribution in [3.05, 3.63) is 0 Å². The Balaban J connectivity index is 3.80. The highest BCUT2D eigenvalue weighted by molar-refractivity contribution is 7.51. The number of carbonyl (C=O) groups is 2. The van der Waals surface area contributed by atoms with Crippen molar-refractivity contribution >= 4 is 19.5 Å². The lowest BCUT2D eigenvalue weighted by Gasteiger charge is -2.14. The summed E-state index contributed by atoms with van der Waals surface area (Å²) >= 11 is 0. The Bertz CT molecular complexity index is 299. The number of carbonyl (C=O) groups excluding carboxylic acids is 1. The number of carboxylic acids is 1. The molecule has 0 rings (SSSR count). The molecule has 0 unspecified atom stereocenters. The van der Waals surface area contributed by atoms with Crippen LogP contribution in [0.25, 0.3) is 0 Å². The monoisotopic (exact) mass is 255 g/mol. The second kappa shape index (κ2) is 6.59. The number of rotatable bonds is 7. The van der Waals surface area contributed by atoms with Gasteiger partial charge in [-0.2, -0.15) is 0 Å². The molecule has 4 N–H and O–H groups in total. The zero-order valence-corrected chi connectivity index (χ0v) is 9.34. The lowest BCUT2D eigenvalue weighted by molar-refractivity contribution is -0.166. The van der Waals surface area contributed by atoms with Gasteiger partial charge >= 0.3 is 13.6 Å². The molecular formula is C7H14NO7P. The van der Waals surface area contributed by atoms with Crippen LogP contribution in [0.5, 0.6) is 0 Å². The number of carboxylic acid groups (broad SMARTS) is 1. The molecule has 9 heteroatoms. The average Bonchev–Trinajstić information content (AvgIpc) is 2.11. The number of hydroxylamine groups is 2. The number of hydrogen-bond acceptors (Lipinski definition) is 4. The first-order valence-corrected chi connectivity index (χ1v) is 6.28. The second-order valence-corrected chi connectivity index (χ2v) is 4.93. The van der Waals surface area contributed by atoms with Gasteiger partial charge in [-0.15, -0.1) is 0 Å². The number of amides is 1. The first kappa shape index (κ1) is 15.0. The van der Waals surface area contributed by atoms with Crippen LogP contribution in [0.4, 0.5) is 0 Å². The summed E-state index contributed by atoms with van der Waals surface area (Å²) in [5, 5.41) is 17.6. The van der Waals surface area contributed by atoms with E-state index >= 15 is 0 Å². The minimum atomic E-state index is -4.13. The molecule has 0 fully saturated rings. The Labute approximate surface area is 91.6 Å². The summed E-state index contributed by atoms with van der Waals surface area (Å²) in [6.45, 7) is -0.233. The highest BCUT2D eigenvalue weighted by atomic mass is 31.2. The summed E-state index contributed by atoms with van der Waals surface area (Å²) in [6, 6.07) is 0. The van der Waals surface area contributed by atoms with E-state index < -0.39 is 32.1 Å². The predicted octanol–water partition coefficient (Wildman–Crippen LogP) is -0.363. The van der Waals surface area contributed by atoms with Crippen molar-refractivity contribution in [1.82, 2.24) is 5.06 Å². The van der Waals surface area contributed by atoms with Crippen LogP contribution >= 0.6 is 7.60 Å². The molecule has 0 aliphatic carbocycles. The molecule has 0 saturated carbocycles. The lowest BCUT2D eigenvalue weighted by Crippen LogP contribution is -2.29. The van der Waals surface area contributed by atoms with E-state index in [4.69, 9.17) is 20.1 Å². The Morgan fingerprint density at radius 2 is 1.75 bits per heavy atom. The van der Waals surface area contributed by atoms with E-state index in [0.29, 0.717) is 0 Å². The molecule has 94 valence electrons. The van der Waals surface area contributed by atoms with Gasteiger partial charge in [0, 0.05) is 13.0 Å². The fraction of sp³-hybridized carbons (Fsp3) is 0.714. The molecular weight excluding hydrogens is 241 g/mol. The summed E-state index contributed by atoms with van der Waals surface area (Å²) in [4.78, 5) is 38.1. The minimum absolute atomic E-state index is 0.0560. The maximum atomic E-state index is 11.0. The predicted molar refractivity (Wildman–Crippen MR) is 51.9 cm³/mol. The molecule has 0 aliphatic rings. The van der Waals surface area contributed by atoms with Crippen molar-refractivity contribution in [2.45, 2.75) is 19.3 Å². The van der Waals surface area contributed by atoms with E-state index in [1.165, 1.54) is 0 Å². The highest BCUT2D eigenvalue weighted by Gasteiger charge is 2.16. The fourth-order valence-electron chi connectivity index (χ4n) is 0.894. The van der Waals surface area contributed by atoms with Gasteiger partial charge in [-0.05, 0) is 6.42 Å².